The first-order valence-corrected chi connectivity index (χ1v) is 8.79. The van der Waals surface area contributed by atoms with Gasteiger partial charge in [-0.3, -0.25) is 9.69 Å². The van der Waals surface area contributed by atoms with E-state index in [4.69, 9.17) is 0 Å². The van der Waals surface area contributed by atoms with Gasteiger partial charge in [-0.2, -0.15) is 0 Å². The van der Waals surface area contributed by atoms with Gasteiger partial charge in [0.05, 0.1) is 10.4 Å². The van der Waals surface area contributed by atoms with E-state index in [9.17, 15) is 9.18 Å². The molecule has 1 amide bonds. The SMILES string of the molecule is CCN(CC)C(=O)[C@@H]1CCCN(Cc2ccc(F)c(Br)c2)C1. The summed E-state index contributed by atoms with van der Waals surface area (Å²) in [4.78, 5) is 16.7. The highest BCUT2D eigenvalue weighted by Gasteiger charge is 2.28. The van der Waals surface area contributed by atoms with E-state index in [0.717, 1.165) is 51.1 Å². The molecule has 2 rings (SSSR count). The summed E-state index contributed by atoms with van der Waals surface area (Å²) in [5.41, 5.74) is 1.07. The Bertz CT molecular complexity index is 519. The number of piperidine rings is 1. The number of benzene rings is 1. The molecule has 1 aromatic rings. The molecule has 0 aromatic heterocycles. The lowest BCUT2D eigenvalue weighted by Crippen LogP contribution is -2.44. The number of nitrogens with zero attached hydrogens (tertiary/aromatic N) is 2. The summed E-state index contributed by atoms with van der Waals surface area (Å²) in [6.07, 6.45) is 2.01. The third-order valence-electron chi connectivity index (χ3n) is 4.32. The number of hydrogen-bond donors (Lipinski definition) is 0. The Morgan fingerprint density at radius 2 is 2.14 bits per heavy atom. The Morgan fingerprint density at radius 3 is 2.77 bits per heavy atom. The largest absolute Gasteiger partial charge is 0.343 e. The average Bonchev–Trinajstić information content (AvgIpc) is 2.52. The average molecular weight is 371 g/mol. The second-order valence-corrected chi connectivity index (χ2v) is 6.69. The lowest BCUT2D eigenvalue weighted by molar-refractivity contribution is -0.137. The Labute approximate surface area is 140 Å². The molecule has 22 heavy (non-hydrogen) atoms. The minimum absolute atomic E-state index is 0.0949. The minimum Gasteiger partial charge on any atom is -0.343 e. The highest BCUT2D eigenvalue weighted by molar-refractivity contribution is 9.10. The van der Waals surface area contributed by atoms with Gasteiger partial charge in [-0.15, -0.1) is 0 Å². The summed E-state index contributed by atoms with van der Waals surface area (Å²) >= 11 is 3.23. The van der Waals surface area contributed by atoms with Gasteiger partial charge in [0.2, 0.25) is 5.91 Å². The molecule has 5 heteroatoms. The Morgan fingerprint density at radius 1 is 1.41 bits per heavy atom. The molecule has 1 aromatic carbocycles. The van der Waals surface area contributed by atoms with Crippen molar-refractivity contribution in [1.29, 1.82) is 0 Å². The summed E-state index contributed by atoms with van der Waals surface area (Å²) in [6.45, 7) is 8.16. The van der Waals surface area contributed by atoms with Crippen molar-refractivity contribution < 1.29 is 9.18 Å². The number of amides is 1. The van der Waals surface area contributed by atoms with E-state index >= 15 is 0 Å². The molecule has 0 saturated carbocycles. The molecule has 1 aliphatic heterocycles. The molecule has 1 atom stereocenters. The van der Waals surface area contributed by atoms with Gasteiger partial charge in [0.25, 0.3) is 0 Å². The quantitative estimate of drug-likeness (QED) is 0.789. The monoisotopic (exact) mass is 370 g/mol. The molecule has 0 bridgehead atoms. The first-order chi connectivity index (χ1) is 10.5. The molecule has 122 valence electrons. The Balaban J connectivity index is 1.98. The second kappa shape index (κ2) is 8.06. The van der Waals surface area contributed by atoms with Crippen LogP contribution in [0.4, 0.5) is 4.39 Å². The Hall–Kier alpha value is -0.940. The normalized spacial score (nSPS) is 19.2. The van der Waals surface area contributed by atoms with Crippen molar-refractivity contribution in [2.24, 2.45) is 5.92 Å². The van der Waals surface area contributed by atoms with Crippen molar-refractivity contribution in [2.75, 3.05) is 26.2 Å². The van der Waals surface area contributed by atoms with Crippen molar-refractivity contribution in [3.63, 3.8) is 0 Å². The number of rotatable bonds is 5. The summed E-state index contributed by atoms with van der Waals surface area (Å²) < 4.78 is 13.8. The lowest BCUT2D eigenvalue weighted by atomic mass is 9.96. The van der Waals surface area contributed by atoms with Crippen LogP contribution < -0.4 is 0 Å². The summed E-state index contributed by atoms with van der Waals surface area (Å²) in [6, 6.07) is 5.13. The molecule has 0 spiro atoms. The molecule has 0 radical (unpaired) electrons. The fraction of sp³-hybridized carbons (Fsp3) is 0.588. The molecule has 0 N–H and O–H groups in total. The van der Waals surface area contributed by atoms with E-state index in [2.05, 4.69) is 20.8 Å². The minimum atomic E-state index is -0.239. The van der Waals surface area contributed by atoms with Crippen LogP contribution >= 0.6 is 15.9 Å². The maximum Gasteiger partial charge on any atom is 0.226 e. The van der Waals surface area contributed by atoms with Crippen molar-refractivity contribution in [2.45, 2.75) is 33.2 Å². The summed E-state index contributed by atoms with van der Waals surface area (Å²) in [7, 11) is 0. The van der Waals surface area contributed by atoms with Gasteiger partial charge in [0.15, 0.2) is 0 Å². The van der Waals surface area contributed by atoms with E-state index in [-0.39, 0.29) is 17.6 Å². The lowest BCUT2D eigenvalue weighted by Gasteiger charge is -2.34. The van der Waals surface area contributed by atoms with Crippen LogP contribution in [-0.2, 0) is 11.3 Å². The zero-order valence-electron chi connectivity index (χ0n) is 13.3. The second-order valence-electron chi connectivity index (χ2n) is 5.83. The van der Waals surface area contributed by atoms with Gasteiger partial charge >= 0.3 is 0 Å². The maximum atomic E-state index is 13.3. The van der Waals surface area contributed by atoms with Crippen LogP contribution in [0.25, 0.3) is 0 Å². The van der Waals surface area contributed by atoms with Crippen LogP contribution in [0.3, 0.4) is 0 Å². The van der Waals surface area contributed by atoms with Crippen molar-refractivity contribution in [1.82, 2.24) is 9.80 Å². The third kappa shape index (κ3) is 4.29. The number of carbonyl (C=O) groups excluding carboxylic acids is 1. The zero-order chi connectivity index (χ0) is 16.1. The molecular formula is C17H24BrFN2O. The molecule has 3 nitrogen and oxygen atoms in total. The first-order valence-electron chi connectivity index (χ1n) is 8.00. The standard InChI is InChI=1S/C17H24BrFN2O/c1-3-21(4-2)17(22)14-6-5-9-20(12-14)11-13-7-8-16(19)15(18)10-13/h7-8,10,14H,3-6,9,11-12H2,1-2H3/t14-/m1/s1. The van der Waals surface area contributed by atoms with E-state index < -0.39 is 0 Å². The molecule has 0 unspecified atom stereocenters. The predicted octanol–water partition coefficient (Wildman–Crippen LogP) is 3.67. The first kappa shape index (κ1) is 17.4. The van der Waals surface area contributed by atoms with Gasteiger partial charge < -0.3 is 4.90 Å². The molecule has 1 saturated heterocycles. The van der Waals surface area contributed by atoms with Crippen LogP contribution in [0.5, 0.6) is 0 Å². The van der Waals surface area contributed by atoms with Gasteiger partial charge in [-0.25, -0.2) is 4.39 Å². The molecular weight excluding hydrogens is 347 g/mol. The van der Waals surface area contributed by atoms with Crippen molar-refractivity contribution in [3.05, 3.63) is 34.1 Å². The predicted molar refractivity (Wildman–Crippen MR) is 90.0 cm³/mol. The number of hydrogen-bond acceptors (Lipinski definition) is 2. The van der Waals surface area contributed by atoms with Gasteiger partial charge in [-0.05, 0) is 66.9 Å². The topological polar surface area (TPSA) is 23.6 Å². The van der Waals surface area contributed by atoms with E-state index in [1.54, 1.807) is 0 Å². The van der Waals surface area contributed by atoms with Crippen molar-refractivity contribution >= 4 is 21.8 Å². The smallest absolute Gasteiger partial charge is 0.226 e. The molecule has 1 fully saturated rings. The van der Waals surface area contributed by atoms with Crippen molar-refractivity contribution in [3.8, 4) is 0 Å². The Kier molecular flexibility index (Phi) is 6.38. The number of carbonyl (C=O) groups is 1. The van der Waals surface area contributed by atoms with Crippen LogP contribution in [-0.4, -0.2) is 41.9 Å². The molecule has 0 aliphatic carbocycles. The van der Waals surface area contributed by atoms with Crippen LogP contribution in [0.2, 0.25) is 0 Å². The maximum absolute atomic E-state index is 13.3. The molecule has 1 heterocycles. The summed E-state index contributed by atoms with van der Waals surface area (Å²) in [5.74, 6) is 0.129. The third-order valence-corrected chi connectivity index (χ3v) is 4.93. The van der Waals surface area contributed by atoms with E-state index in [0.29, 0.717) is 4.47 Å². The highest BCUT2D eigenvalue weighted by atomic mass is 79.9. The van der Waals surface area contributed by atoms with E-state index in [1.807, 2.05) is 30.9 Å². The summed E-state index contributed by atoms with van der Waals surface area (Å²) in [5, 5.41) is 0. The van der Waals surface area contributed by atoms with Crippen LogP contribution in [0.15, 0.2) is 22.7 Å². The number of halogens is 2. The highest BCUT2D eigenvalue weighted by Crippen LogP contribution is 2.22. The van der Waals surface area contributed by atoms with E-state index in [1.165, 1.54) is 6.07 Å². The fourth-order valence-corrected chi connectivity index (χ4v) is 3.52. The van der Waals surface area contributed by atoms with Crippen LogP contribution in [0.1, 0.15) is 32.3 Å². The van der Waals surface area contributed by atoms with Gasteiger partial charge in [0.1, 0.15) is 5.82 Å². The number of likely N-dealkylation sites (tertiary alicyclic amines) is 1. The van der Waals surface area contributed by atoms with Gasteiger partial charge in [-0.1, -0.05) is 6.07 Å². The fourth-order valence-electron chi connectivity index (χ4n) is 3.09. The van der Waals surface area contributed by atoms with Crippen LogP contribution in [0, 0.1) is 11.7 Å². The molecule has 1 aliphatic rings. The van der Waals surface area contributed by atoms with Gasteiger partial charge in [0, 0.05) is 26.2 Å². The zero-order valence-corrected chi connectivity index (χ0v) is 14.9.